The summed E-state index contributed by atoms with van der Waals surface area (Å²) in [4.78, 5) is 16.1. The molecule has 1 heterocycles. The molecule has 2 aromatic rings. The number of rotatable bonds is 5. The minimum Gasteiger partial charge on any atom is -0.352 e. The van der Waals surface area contributed by atoms with E-state index in [0.29, 0.717) is 18.8 Å². The number of thiazole rings is 1. The molecule has 0 unspecified atom stereocenters. The summed E-state index contributed by atoms with van der Waals surface area (Å²) in [6.45, 7) is 0.508. The van der Waals surface area contributed by atoms with E-state index in [2.05, 4.69) is 26.2 Å². The minimum absolute atomic E-state index is 0.0359. The fourth-order valence-corrected chi connectivity index (χ4v) is 2.97. The maximum atomic E-state index is 11.8. The maximum absolute atomic E-state index is 11.8. The number of alkyl halides is 1. The molecule has 1 N–H and O–H groups in total. The largest absolute Gasteiger partial charge is 0.352 e. The van der Waals surface area contributed by atoms with Crippen LogP contribution in [0.1, 0.15) is 16.3 Å². The third kappa shape index (κ3) is 4.30. The predicted molar refractivity (Wildman–Crippen MR) is 81.4 cm³/mol. The number of hydrogen-bond donors (Lipinski definition) is 1. The van der Waals surface area contributed by atoms with Crippen molar-refractivity contribution in [1.29, 1.82) is 0 Å². The first-order valence-electron chi connectivity index (χ1n) is 5.68. The second-order valence-electron chi connectivity index (χ2n) is 3.91. The molecule has 0 fully saturated rings. The Morgan fingerprint density at radius 3 is 2.89 bits per heavy atom. The summed E-state index contributed by atoms with van der Waals surface area (Å²) in [6.07, 6.45) is 0.298. The van der Waals surface area contributed by atoms with Crippen molar-refractivity contribution in [3.05, 3.63) is 50.4 Å². The van der Waals surface area contributed by atoms with Gasteiger partial charge in [-0.05, 0) is 11.6 Å². The molecule has 0 radical (unpaired) electrons. The van der Waals surface area contributed by atoms with E-state index in [9.17, 15) is 4.79 Å². The van der Waals surface area contributed by atoms with Gasteiger partial charge in [-0.3, -0.25) is 4.79 Å². The van der Waals surface area contributed by atoms with Crippen LogP contribution in [0, 0.1) is 0 Å². The minimum atomic E-state index is -0.0359. The highest BCUT2D eigenvalue weighted by Gasteiger charge is 2.08. The number of aromatic nitrogens is 1. The fraction of sp³-hybridized carbons (Fsp3) is 0.231. The second kappa shape index (κ2) is 7.03. The van der Waals surface area contributed by atoms with Gasteiger partial charge in [0.1, 0.15) is 5.01 Å². The van der Waals surface area contributed by atoms with E-state index in [4.69, 9.17) is 11.6 Å². The van der Waals surface area contributed by atoms with Crippen LogP contribution in [-0.4, -0.2) is 10.9 Å². The molecule has 1 amide bonds. The van der Waals surface area contributed by atoms with Crippen molar-refractivity contribution in [2.75, 3.05) is 0 Å². The highest BCUT2D eigenvalue weighted by molar-refractivity contribution is 9.10. The van der Waals surface area contributed by atoms with Crippen molar-refractivity contribution in [1.82, 2.24) is 10.3 Å². The van der Waals surface area contributed by atoms with Crippen molar-refractivity contribution < 1.29 is 4.79 Å². The van der Waals surface area contributed by atoms with Gasteiger partial charge in [-0.25, -0.2) is 4.98 Å². The van der Waals surface area contributed by atoms with E-state index in [1.807, 2.05) is 29.6 Å². The Balaban J connectivity index is 1.86. The normalized spacial score (nSPS) is 10.4. The van der Waals surface area contributed by atoms with E-state index >= 15 is 0 Å². The summed E-state index contributed by atoms with van der Waals surface area (Å²) >= 11 is 10.6. The van der Waals surface area contributed by atoms with Crippen LogP contribution in [0.15, 0.2) is 34.1 Å². The van der Waals surface area contributed by atoms with Gasteiger partial charge in [-0.2, -0.15) is 0 Å². The Bertz CT molecular complexity index is 573. The topological polar surface area (TPSA) is 42.0 Å². The summed E-state index contributed by atoms with van der Waals surface area (Å²) in [7, 11) is 0. The maximum Gasteiger partial charge on any atom is 0.227 e. The van der Waals surface area contributed by atoms with E-state index in [-0.39, 0.29) is 5.91 Å². The molecule has 1 aromatic carbocycles. The van der Waals surface area contributed by atoms with Gasteiger partial charge in [0.2, 0.25) is 5.91 Å². The molecule has 100 valence electrons. The molecule has 0 saturated carbocycles. The number of benzene rings is 1. The number of amides is 1. The van der Waals surface area contributed by atoms with E-state index in [1.54, 1.807) is 0 Å². The highest BCUT2D eigenvalue weighted by Crippen LogP contribution is 2.16. The molecule has 1 aromatic heterocycles. The first kappa shape index (κ1) is 14.5. The van der Waals surface area contributed by atoms with Gasteiger partial charge >= 0.3 is 0 Å². The molecular formula is C13H12BrClN2OS. The van der Waals surface area contributed by atoms with Crippen molar-refractivity contribution in [3.8, 4) is 0 Å². The Labute approximate surface area is 129 Å². The Kier molecular flexibility index (Phi) is 5.36. The molecule has 0 spiro atoms. The van der Waals surface area contributed by atoms with Crippen LogP contribution in [0.3, 0.4) is 0 Å². The summed E-state index contributed by atoms with van der Waals surface area (Å²) in [5.74, 6) is 0.348. The average molecular weight is 360 g/mol. The predicted octanol–water partition coefficient (Wildman–Crippen LogP) is 3.50. The van der Waals surface area contributed by atoms with Crippen molar-refractivity contribution in [2.45, 2.75) is 18.8 Å². The third-order valence-corrected chi connectivity index (χ3v) is 4.43. The van der Waals surface area contributed by atoms with Crippen LogP contribution in [0.25, 0.3) is 0 Å². The third-order valence-electron chi connectivity index (χ3n) is 2.48. The van der Waals surface area contributed by atoms with Gasteiger partial charge in [-0.15, -0.1) is 22.9 Å². The summed E-state index contributed by atoms with van der Waals surface area (Å²) < 4.78 is 0.994. The molecule has 3 nitrogen and oxygen atoms in total. The zero-order chi connectivity index (χ0) is 13.7. The monoisotopic (exact) mass is 358 g/mol. The lowest BCUT2D eigenvalue weighted by Crippen LogP contribution is -2.24. The lowest BCUT2D eigenvalue weighted by atomic mass is 10.2. The van der Waals surface area contributed by atoms with Crippen molar-refractivity contribution in [3.63, 3.8) is 0 Å². The molecule has 0 bridgehead atoms. The first-order chi connectivity index (χ1) is 9.19. The Morgan fingerprint density at radius 1 is 1.42 bits per heavy atom. The van der Waals surface area contributed by atoms with E-state index < -0.39 is 0 Å². The molecule has 19 heavy (non-hydrogen) atoms. The van der Waals surface area contributed by atoms with E-state index in [0.717, 1.165) is 20.7 Å². The molecule has 0 atom stereocenters. The van der Waals surface area contributed by atoms with Gasteiger partial charge in [0, 0.05) is 16.4 Å². The zero-order valence-corrected chi connectivity index (χ0v) is 13.2. The van der Waals surface area contributed by atoms with E-state index in [1.165, 1.54) is 11.3 Å². The molecule has 0 aliphatic heterocycles. The number of carbonyl (C=O) groups is 1. The number of halogens is 2. The Hall–Kier alpha value is -0.910. The lowest BCUT2D eigenvalue weighted by molar-refractivity contribution is -0.120. The highest BCUT2D eigenvalue weighted by atomic mass is 79.9. The summed E-state index contributed by atoms with van der Waals surface area (Å²) in [5, 5.41) is 5.55. The number of carbonyl (C=O) groups excluding carboxylic acids is 1. The first-order valence-corrected chi connectivity index (χ1v) is 7.89. The SMILES string of the molecule is O=C(Cc1nc(CCl)cs1)NCc1ccccc1Br. The van der Waals surface area contributed by atoms with Gasteiger partial charge in [0.25, 0.3) is 0 Å². The van der Waals surface area contributed by atoms with Crippen molar-refractivity contribution in [2.24, 2.45) is 0 Å². The van der Waals surface area contributed by atoms with Crippen LogP contribution in [-0.2, 0) is 23.6 Å². The van der Waals surface area contributed by atoms with Crippen molar-refractivity contribution >= 4 is 44.8 Å². The molecule has 0 aliphatic rings. The van der Waals surface area contributed by atoms with Gasteiger partial charge in [0.05, 0.1) is 18.0 Å². The van der Waals surface area contributed by atoms with Gasteiger partial charge in [-0.1, -0.05) is 34.1 Å². The summed E-state index contributed by atoms with van der Waals surface area (Å²) in [5.41, 5.74) is 1.87. The molecule has 0 saturated heterocycles. The second-order valence-corrected chi connectivity index (χ2v) is 5.98. The zero-order valence-electron chi connectivity index (χ0n) is 10.0. The quantitative estimate of drug-likeness (QED) is 0.830. The molecule has 2 rings (SSSR count). The smallest absolute Gasteiger partial charge is 0.227 e. The fourth-order valence-electron chi connectivity index (χ4n) is 1.53. The van der Waals surface area contributed by atoms with Crippen LogP contribution in [0.4, 0.5) is 0 Å². The number of hydrogen-bond acceptors (Lipinski definition) is 3. The average Bonchev–Trinajstić information content (AvgIpc) is 2.85. The molecular weight excluding hydrogens is 348 g/mol. The summed E-state index contributed by atoms with van der Waals surface area (Å²) in [6, 6.07) is 7.81. The Morgan fingerprint density at radius 2 is 2.21 bits per heavy atom. The van der Waals surface area contributed by atoms with Crippen LogP contribution >= 0.6 is 38.9 Å². The molecule has 0 aliphatic carbocycles. The lowest BCUT2D eigenvalue weighted by Gasteiger charge is -2.06. The van der Waals surface area contributed by atoms with Crippen LogP contribution < -0.4 is 5.32 Å². The number of nitrogens with one attached hydrogen (secondary N) is 1. The standard InChI is InChI=1S/C13H12BrClN2OS/c14-11-4-2-1-3-9(11)7-16-12(18)5-13-17-10(6-15)8-19-13/h1-4,8H,5-7H2,(H,16,18). The van der Waals surface area contributed by atoms with Gasteiger partial charge in [0.15, 0.2) is 0 Å². The molecule has 6 heteroatoms. The van der Waals surface area contributed by atoms with Crippen LogP contribution in [0.2, 0.25) is 0 Å². The van der Waals surface area contributed by atoms with Gasteiger partial charge < -0.3 is 5.32 Å². The van der Waals surface area contributed by atoms with Crippen LogP contribution in [0.5, 0.6) is 0 Å². The number of nitrogens with zero attached hydrogens (tertiary/aromatic N) is 1.